The van der Waals surface area contributed by atoms with Crippen LogP contribution in [0.3, 0.4) is 0 Å². The molecule has 0 spiro atoms. The lowest BCUT2D eigenvalue weighted by Gasteiger charge is -2.34. The van der Waals surface area contributed by atoms with Gasteiger partial charge in [-0.1, -0.05) is 6.07 Å². The van der Waals surface area contributed by atoms with Gasteiger partial charge in [0.1, 0.15) is 5.75 Å². The van der Waals surface area contributed by atoms with Gasteiger partial charge in [-0.2, -0.15) is 11.3 Å². The molecule has 1 aromatic heterocycles. The van der Waals surface area contributed by atoms with Crippen LogP contribution in [0.15, 0.2) is 41.1 Å². The summed E-state index contributed by atoms with van der Waals surface area (Å²) < 4.78 is 0. The summed E-state index contributed by atoms with van der Waals surface area (Å²) in [5.41, 5.74) is 1.55. The van der Waals surface area contributed by atoms with E-state index in [1.165, 1.54) is 12.1 Å². The van der Waals surface area contributed by atoms with E-state index in [1.807, 2.05) is 16.8 Å². The first-order chi connectivity index (χ1) is 11.6. The van der Waals surface area contributed by atoms with Crippen molar-refractivity contribution in [2.75, 3.05) is 26.2 Å². The topological polar surface area (TPSA) is 72.9 Å². The first-order valence-corrected chi connectivity index (χ1v) is 8.70. The molecule has 3 rings (SSSR count). The Morgan fingerprint density at radius 3 is 2.54 bits per heavy atom. The maximum atomic E-state index is 12.4. The Bertz CT molecular complexity index is 710. The Morgan fingerprint density at radius 1 is 1.12 bits per heavy atom. The molecule has 3 amide bonds. The third-order valence-electron chi connectivity index (χ3n) is 3.97. The van der Waals surface area contributed by atoms with Crippen molar-refractivity contribution in [2.45, 2.75) is 6.54 Å². The van der Waals surface area contributed by atoms with E-state index < -0.39 is 0 Å². The second kappa shape index (κ2) is 7.35. The van der Waals surface area contributed by atoms with Crippen LogP contribution in [0.25, 0.3) is 0 Å². The fourth-order valence-electron chi connectivity index (χ4n) is 2.62. The van der Waals surface area contributed by atoms with Crippen molar-refractivity contribution >= 4 is 23.3 Å². The summed E-state index contributed by atoms with van der Waals surface area (Å²) in [6, 6.07) is 8.20. The maximum Gasteiger partial charge on any atom is 0.317 e. The first kappa shape index (κ1) is 16.3. The number of carbonyl (C=O) groups is 2. The number of phenols is 1. The van der Waals surface area contributed by atoms with E-state index in [0.29, 0.717) is 38.3 Å². The van der Waals surface area contributed by atoms with Gasteiger partial charge in [0, 0.05) is 38.3 Å². The van der Waals surface area contributed by atoms with Gasteiger partial charge in [-0.25, -0.2) is 4.79 Å². The molecule has 2 heterocycles. The molecule has 126 valence electrons. The Morgan fingerprint density at radius 2 is 1.88 bits per heavy atom. The van der Waals surface area contributed by atoms with Crippen molar-refractivity contribution in [3.05, 3.63) is 52.2 Å². The Kier molecular flexibility index (Phi) is 5.00. The average Bonchev–Trinajstić information content (AvgIpc) is 3.13. The van der Waals surface area contributed by atoms with E-state index >= 15 is 0 Å². The molecule has 7 heteroatoms. The molecular weight excluding hydrogens is 326 g/mol. The highest BCUT2D eigenvalue weighted by Gasteiger charge is 2.24. The van der Waals surface area contributed by atoms with Crippen LogP contribution in [-0.4, -0.2) is 53.0 Å². The Hall–Kier alpha value is -2.54. The number of phenolic OH excluding ortho intramolecular Hbond substituents is 1. The zero-order chi connectivity index (χ0) is 16.9. The largest absolute Gasteiger partial charge is 0.508 e. The molecule has 0 aliphatic carbocycles. The number of nitrogens with one attached hydrogen (secondary N) is 1. The molecule has 0 bridgehead atoms. The van der Waals surface area contributed by atoms with Gasteiger partial charge in [0.25, 0.3) is 5.91 Å². The lowest BCUT2D eigenvalue weighted by atomic mass is 10.1. The van der Waals surface area contributed by atoms with Gasteiger partial charge in [-0.15, -0.1) is 0 Å². The summed E-state index contributed by atoms with van der Waals surface area (Å²) >= 11 is 1.60. The Labute approximate surface area is 144 Å². The molecule has 6 nitrogen and oxygen atoms in total. The number of carbonyl (C=O) groups excluding carboxylic acids is 2. The number of urea groups is 1. The molecule has 0 unspecified atom stereocenters. The molecule has 24 heavy (non-hydrogen) atoms. The minimum Gasteiger partial charge on any atom is -0.508 e. The summed E-state index contributed by atoms with van der Waals surface area (Å²) in [6.45, 7) is 2.49. The number of hydrogen-bond donors (Lipinski definition) is 2. The minimum absolute atomic E-state index is 0.0762. The second-order valence-corrected chi connectivity index (χ2v) is 6.40. The van der Waals surface area contributed by atoms with Crippen LogP contribution in [0.5, 0.6) is 5.75 Å². The minimum atomic E-state index is -0.121. The van der Waals surface area contributed by atoms with Crippen molar-refractivity contribution in [1.82, 2.24) is 15.1 Å². The van der Waals surface area contributed by atoms with Crippen LogP contribution in [0, 0.1) is 0 Å². The monoisotopic (exact) mass is 345 g/mol. The SMILES string of the molecule is O=C(NCc1ccsc1)N1CCN(C(=O)c2cccc(O)c2)CC1. The fraction of sp³-hybridized carbons (Fsp3) is 0.294. The maximum absolute atomic E-state index is 12.4. The predicted molar refractivity (Wildman–Crippen MR) is 92.1 cm³/mol. The number of nitrogens with zero attached hydrogens (tertiary/aromatic N) is 2. The van der Waals surface area contributed by atoms with Crippen LogP contribution in [-0.2, 0) is 6.54 Å². The van der Waals surface area contributed by atoms with Gasteiger partial charge < -0.3 is 20.2 Å². The van der Waals surface area contributed by atoms with Crippen molar-refractivity contribution in [3.8, 4) is 5.75 Å². The molecule has 1 saturated heterocycles. The smallest absolute Gasteiger partial charge is 0.317 e. The second-order valence-electron chi connectivity index (χ2n) is 5.62. The normalized spacial score (nSPS) is 14.5. The van der Waals surface area contributed by atoms with E-state index in [9.17, 15) is 14.7 Å². The van der Waals surface area contributed by atoms with E-state index in [-0.39, 0.29) is 17.7 Å². The zero-order valence-electron chi connectivity index (χ0n) is 13.1. The van der Waals surface area contributed by atoms with E-state index in [1.54, 1.807) is 33.3 Å². The molecular formula is C17H19N3O3S. The summed E-state index contributed by atoms with van der Waals surface area (Å²) in [5, 5.41) is 16.4. The summed E-state index contributed by atoms with van der Waals surface area (Å²) in [6.07, 6.45) is 0. The highest BCUT2D eigenvalue weighted by atomic mass is 32.1. The number of piperazine rings is 1. The van der Waals surface area contributed by atoms with Crippen molar-refractivity contribution in [2.24, 2.45) is 0 Å². The molecule has 1 aromatic carbocycles. The highest BCUT2D eigenvalue weighted by Crippen LogP contribution is 2.14. The van der Waals surface area contributed by atoms with Gasteiger partial charge in [0.2, 0.25) is 0 Å². The van der Waals surface area contributed by atoms with Gasteiger partial charge in [0.05, 0.1) is 0 Å². The number of thiophene rings is 1. The van der Waals surface area contributed by atoms with Gasteiger partial charge >= 0.3 is 6.03 Å². The molecule has 1 aliphatic rings. The van der Waals surface area contributed by atoms with Gasteiger partial charge in [0.15, 0.2) is 0 Å². The number of amides is 3. The van der Waals surface area contributed by atoms with Crippen LogP contribution < -0.4 is 5.32 Å². The summed E-state index contributed by atoms with van der Waals surface area (Å²) in [5.74, 6) is -0.0449. The molecule has 2 N–H and O–H groups in total. The lowest BCUT2D eigenvalue weighted by Crippen LogP contribution is -2.53. The highest BCUT2D eigenvalue weighted by molar-refractivity contribution is 7.07. The fourth-order valence-corrected chi connectivity index (χ4v) is 3.29. The third kappa shape index (κ3) is 3.86. The van der Waals surface area contributed by atoms with Crippen molar-refractivity contribution in [3.63, 3.8) is 0 Å². The van der Waals surface area contributed by atoms with E-state index in [0.717, 1.165) is 5.56 Å². The molecule has 0 saturated carbocycles. The third-order valence-corrected chi connectivity index (χ3v) is 4.70. The van der Waals surface area contributed by atoms with E-state index in [4.69, 9.17) is 0 Å². The molecule has 1 fully saturated rings. The van der Waals surface area contributed by atoms with Crippen molar-refractivity contribution in [1.29, 1.82) is 0 Å². The zero-order valence-corrected chi connectivity index (χ0v) is 14.0. The average molecular weight is 345 g/mol. The lowest BCUT2D eigenvalue weighted by molar-refractivity contribution is 0.0664. The van der Waals surface area contributed by atoms with Crippen molar-refractivity contribution < 1.29 is 14.7 Å². The van der Waals surface area contributed by atoms with Gasteiger partial charge in [-0.05, 0) is 40.6 Å². The standard InChI is InChI=1S/C17H19N3O3S/c21-15-3-1-2-14(10-15)16(22)19-5-7-20(8-6-19)17(23)18-11-13-4-9-24-12-13/h1-4,9-10,12,21H,5-8,11H2,(H,18,23). The molecule has 0 atom stereocenters. The predicted octanol–water partition coefficient (Wildman–Crippen LogP) is 2.12. The molecule has 2 aromatic rings. The number of benzene rings is 1. The first-order valence-electron chi connectivity index (χ1n) is 7.75. The molecule has 0 radical (unpaired) electrons. The van der Waals surface area contributed by atoms with Crippen LogP contribution >= 0.6 is 11.3 Å². The Balaban J connectivity index is 1.50. The number of aromatic hydroxyl groups is 1. The van der Waals surface area contributed by atoms with Gasteiger partial charge in [-0.3, -0.25) is 4.79 Å². The van der Waals surface area contributed by atoms with Crippen LogP contribution in [0.4, 0.5) is 4.79 Å². The van der Waals surface area contributed by atoms with Crippen LogP contribution in [0.2, 0.25) is 0 Å². The van der Waals surface area contributed by atoms with Crippen LogP contribution in [0.1, 0.15) is 15.9 Å². The quantitative estimate of drug-likeness (QED) is 0.895. The molecule has 1 aliphatic heterocycles. The van der Waals surface area contributed by atoms with E-state index in [2.05, 4.69) is 5.32 Å². The number of hydrogen-bond acceptors (Lipinski definition) is 4. The number of rotatable bonds is 3. The summed E-state index contributed by atoms with van der Waals surface area (Å²) in [4.78, 5) is 28.0. The summed E-state index contributed by atoms with van der Waals surface area (Å²) in [7, 11) is 0.